The van der Waals surface area contributed by atoms with E-state index in [2.05, 4.69) is 71.1 Å². The lowest BCUT2D eigenvalue weighted by atomic mass is 10.2. The molecule has 4 nitrogen and oxygen atoms in total. The van der Waals surface area contributed by atoms with Crippen molar-refractivity contribution in [2.24, 2.45) is 0 Å². The zero-order valence-corrected chi connectivity index (χ0v) is 13.8. The Morgan fingerprint density at radius 2 is 1.95 bits per heavy atom. The molecule has 3 rings (SSSR count). The van der Waals surface area contributed by atoms with Crippen LogP contribution in [0.3, 0.4) is 0 Å². The molecule has 1 aliphatic heterocycles. The molecular weight excluding hydrogens is 272 g/mol. The van der Waals surface area contributed by atoms with E-state index in [9.17, 15) is 0 Å². The number of rotatable bonds is 5. The molecule has 1 aromatic heterocycles. The third kappa shape index (κ3) is 3.17. The van der Waals surface area contributed by atoms with E-state index in [4.69, 9.17) is 0 Å². The molecule has 0 radical (unpaired) electrons. The first-order chi connectivity index (χ1) is 10.6. The van der Waals surface area contributed by atoms with Crippen LogP contribution in [0.4, 0.5) is 5.69 Å². The van der Waals surface area contributed by atoms with Crippen molar-refractivity contribution >= 4 is 5.69 Å². The molecule has 2 aromatic rings. The molecule has 0 spiro atoms. The number of aromatic nitrogens is 2. The Kier molecular flexibility index (Phi) is 4.48. The standard InChI is InChI=1S/C18H26N4/c1-14-15(2)20-22(16(14)3)12-10-19-17-9-11-21(13-17)18-7-5-4-6-8-18/h4-8,17,19H,9-13H2,1-3H3/t17-/m0/s1. The molecule has 0 bridgehead atoms. The Hall–Kier alpha value is -1.81. The zero-order chi connectivity index (χ0) is 15.5. The van der Waals surface area contributed by atoms with Gasteiger partial charge >= 0.3 is 0 Å². The third-order valence-corrected chi connectivity index (χ3v) is 4.81. The largest absolute Gasteiger partial charge is 0.370 e. The Balaban J connectivity index is 1.48. The van der Waals surface area contributed by atoms with Gasteiger partial charge in [0.05, 0.1) is 12.2 Å². The highest BCUT2D eigenvalue weighted by molar-refractivity contribution is 5.47. The first-order valence-electron chi connectivity index (χ1n) is 8.19. The van der Waals surface area contributed by atoms with Gasteiger partial charge in [0.15, 0.2) is 0 Å². The first-order valence-corrected chi connectivity index (χ1v) is 8.19. The summed E-state index contributed by atoms with van der Waals surface area (Å²) in [7, 11) is 0. The van der Waals surface area contributed by atoms with Crippen molar-refractivity contribution in [1.82, 2.24) is 15.1 Å². The molecule has 0 unspecified atom stereocenters. The average molecular weight is 298 g/mol. The van der Waals surface area contributed by atoms with E-state index in [0.29, 0.717) is 6.04 Å². The van der Waals surface area contributed by atoms with Gasteiger partial charge in [-0.15, -0.1) is 0 Å². The van der Waals surface area contributed by atoms with Gasteiger partial charge in [0.25, 0.3) is 0 Å². The molecule has 1 atom stereocenters. The van der Waals surface area contributed by atoms with Crippen molar-refractivity contribution in [2.75, 3.05) is 24.5 Å². The molecule has 0 aliphatic carbocycles. The van der Waals surface area contributed by atoms with Crippen molar-refractivity contribution in [3.05, 3.63) is 47.3 Å². The van der Waals surface area contributed by atoms with Crippen molar-refractivity contribution < 1.29 is 0 Å². The maximum atomic E-state index is 4.60. The average Bonchev–Trinajstić information content (AvgIpc) is 3.10. The van der Waals surface area contributed by atoms with Gasteiger partial charge in [-0.25, -0.2) is 0 Å². The third-order valence-electron chi connectivity index (χ3n) is 4.81. The fraction of sp³-hybridized carbons (Fsp3) is 0.500. The molecule has 1 N–H and O–H groups in total. The van der Waals surface area contributed by atoms with Crippen molar-refractivity contribution in [1.29, 1.82) is 0 Å². The van der Waals surface area contributed by atoms with Gasteiger partial charge in [-0.05, 0) is 44.9 Å². The lowest BCUT2D eigenvalue weighted by molar-refractivity contribution is 0.490. The summed E-state index contributed by atoms with van der Waals surface area (Å²) in [5.41, 5.74) is 5.09. The highest BCUT2D eigenvalue weighted by Crippen LogP contribution is 2.19. The highest BCUT2D eigenvalue weighted by atomic mass is 15.3. The van der Waals surface area contributed by atoms with E-state index < -0.39 is 0 Å². The van der Waals surface area contributed by atoms with Crippen molar-refractivity contribution in [3.8, 4) is 0 Å². The Labute approximate surface area is 133 Å². The second-order valence-corrected chi connectivity index (χ2v) is 6.24. The predicted molar refractivity (Wildman–Crippen MR) is 91.5 cm³/mol. The quantitative estimate of drug-likeness (QED) is 0.921. The topological polar surface area (TPSA) is 33.1 Å². The number of nitrogens with zero attached hydrogens (tertiary/aromatic N) is 3. The maximum absolute atomic E-state index is 4.60. The summed E-state index contributed by atoms with van der Waals surface area (Å²) >= 11 is 0. The minimum absolute atomic E-state index is 0.582. The van der Waals surface area contributed by atoms with Crippen LogP contribution in [0.5, 0.6) is 0 Å². The van der Waals surface area contributed by atoms with Gasteiger partial charge in [-0.3, -0.25) is 4.68 Å². The number of para-hydroxylation sites is 1. The molecule has 22 heavy (non-hydrogen) atoms. The summed E-state index contributed by atoms with van der Waals surface area (Å²) in [5, 5.41) is 8.29. The van der Waals surface area contributed by atoms with Crippen molar-refractivity contribution in [2.45, 2.75) is 39.8 Å². The Bertz CT molecular complexity index is 618. The van der Waals surface area contributed by atoms with E-state index >= 15 is 0 Å². The number of nitrogens with one attached hydrogen (secondary N) is 1. The number of aryl methyl sites for hydroxylation is 1. The Morgan fingerprint density at radius 3 is 2.64 bits per heavy atom. The van der Waals surface area contributed by atoms with Gasteiger partial charge in [-0.2, -0.15) is 5.10 Å². The fourth-order valence-electron chi connectivity index (χ4n) is 3.18. The lowest BCUT2D eigenvalue weighted by Gasteiger charge is -2.19. The minimum atomic E-state index is 0.582. The molecule has 0 saturated carbocycles. The maximum Gasteiger partial charge on any atom is 0.0625 e. The number of hydrogen-bond donors (Lipinski definition) is 1. The molecule has 118 valence electrons. The fourth-order valence-corrected chi connectivity index (χ4v) is 3.18. The van der Waals surface area contributed by atoms with Crippen LogP contribution in [0.25, 0.3) is 0 Å². The van der Waals surface area contributed by atoms with Crippen LogP contribution in [0.2, 0.25) is 0 Å². The Morgan fingerprint density at radius 1 is 1.18 bits per heavy atom. The molecule has 1 aliphatic rings. The number of benzene rings is 1. The number of anilines is 1. The summed E-state index contributed by atoms with van der Waals surface area (Å²) in [5.74, 6) is 0. The molecule has 0 amide bonds. The van der Waals surface area contributed by atoms with Crippen LogP contribution in [0, 0.1) is 20.8 Å². The molecular formula is C18H26N4. The van der Waals surface area contributed by atoms with Crippen LogP contribution in [-0.2, 0) is 6.54 Å². The zero-order valence-electron chi connectivity index (χ0n) is 13.8. The van der Waals surface area contributed by atoms with Crippen LogP contribution < -0.4 is 10.2 Å². The van der Waals surface area contributed by atoms with Crippen molar-refractivity contribution in [3.63, 3.8) is 0 Å². The van der Waals surface area contributed by atoms with E-state index in [1.165, 1.54) is 23.4 Å². The highest BCUT2D eigenvalue weighted by Gasteiger charge is 2.21. The summed E-state index contributed by atoms with van der Waals surface area (Å²) in [6.45, 7) is 10.6. The van der Waals surface area contributed by atoms with Gasteiger partial charge in [-0.1, -0.05) is 18.2 Å². The second-order valence-electron chi connectivity index (χ2n) is 6.24. The molecule has 2 heterocycles. The minimum Gasteiger partial charge on any atom is -0.370 e. The van der Waals surface area contributed by atoms with E-state index in [1.807, 2.05) is 0 Å². The monoisotopic (exact) mass is 298 g/mol. The van der Waals surface area contributed by atoms with Crippen LogP contribution in [0.1, 0.15) is 23.4 Å². The molecule has 1 fully saturated rings. The predicted octanol–water partition coefficient (Wildman–Crippen LogP) is 2.68. The SMILES string of the molecule is Cc1nn(CCN[C@H]2CCN(c3ccccc3)C2)c(C)c1C. The first kappa shape index (κ1) is 15.1. The van der Waals surface area contributed by atoms with Crippen LogP contribution in [-0.4, -0.2) is 35.5 Å². The van der Waals surface area contributed by atoms with E-state index in [0.717, 1.165) is 31.9 Å². The number of hydrogen-bond acceptors (Lipinski definition) is 3. The van der Waals surface area contributed by atoms with Gasteiger partial charge in [0, 0.05) is 37.1 Å². The van der Waals surface area contributed by atoms with E-state index in [-0.39, 0.29) is 0 Å². The summed E-state index contributed by atoms with van der Waals surface area (Å²) in [6, 6.07) is 11.3. The van der Waals surface area contributed by atoms with Gasteiger partial charge < -0.3 is 10.2 Å². The van der Waals surface area contributed by atoms with E-state index in [1.54, 1.807) is 0 Å². The summed E-state index contributed by atoms with van der Waals surface area (Å²) in [4.78, 5) is 2.46. The molecule has 4 heteroatoms. The molecule has 1 aromatic carbocycles. The van der Waals surface area contributed by atoms with Crippen LogP contribution >= 0.6 is 0 Å². The lowest BCUT2D eigenvalue weighted by Crippen LogP contribution is -2.34. The smallest absolute Gasteiger partial charge is 0.0625 e. The second kappa shape index (κ2) is 6.53. The summed E-state index contributed by atoms with van der Waals surface area (Å²) in [6.07, 6.45) is 1.21. The van der Waals surface area contributed by atoms with Gasteiger partial charge in [0.2, 0.25) is 0 Å². The normalized spacial score (nSPS) is 18.1. The van der Waals surface area contributed by atoms with Crippen LogP contribution in [0.15, 0.2) is 30.3 Å². The molecule has 1 saturated heterocycles. The summed E-state index contributed by atoms with van der Waals surface area (Å²) < 4.78 is 2.13. The van der Waals surface area contributed by atoms with Gasteiger partial charge in [0.1, 0.15) is 0 Å².